The Hall–Kier alpha value is -1.34. The molecule has 1 aliphatic rings. The van der Waals surface area contributed by atoms with E-state index >= 15 is 0 Å². The van der Waals surface area contributed by atoms with Gasteiger partial charge >= 0.3 is 5.97 Å². The molecule has 0 aromatic carbocycles. The minimum atomic E-state index is -3.65. The van der Waals surface area contributed by atoms with Crippen LogP contribution in [0.1, 0.15) is 36.1 Å². The van der Waals surface area contributed by atoms with Crippen molar-refractivity contribution in [1.82, 2.24) is 4.31 Å². The molecule has 1 unspecified atom stereocenters. The summed E-state index contributed by atoms with van der Waals surface area (Å²) in [5, 5.41) is 8.83. The van der Waals surface area contributed by atoms with Crippen LogP contribution in [0, 0.1) is 12.8 Å². The first kappa shape index (κ1) is 14.1. The molecule has 2 heterocycles. The molecule has 1 atom stereocenters. The summed E-state index contributed by atoms with van der Waals surface area (Å²) in [6, 6.07) is 1.09. The minimum Gasteiger partial charge on any atom is -0.475 e. The van der Waals surface area contributed by atoms with Crippen molar-refractivity contribution in [3.63, 3.8) is 0 Å². The van der Waals surface area contributed by atoms with E-state index in [1.54, 1.807) is 0 Å². The van der Waals surface area contributed by atoms with E-state index in [0.717, 1.165) is 18.9 Å². The van der Waals surface area contributed by atoms with Gasteiger partial charge in [-0.2, -0.15) is 4.31 Å². The van der Waals surface area contributed by atoms with Crippen LogP contribution in [0.3, 0.4) is 0 Å². The summed E-state index contributed by atoms with van der Waals surface area (Å²) in [6.45, 7) is 4.47. The molecule has 0 saturated carbocycles. The second-order valence-corrected chi connectivity index (χ2v) is 6.67. The molecular formula is C12H17NO5S. The first-order valence-corrected chi connectivity index (χ1v) is 7.64. The Morgan fingerprint density at radius 2 is 2.26 bits per heavy atom. The van der Waals surface area contributed by atoms with E-state index in [4.69, 9.17) is 9.52 Å². The Bertz CT molecular complexity index is 589. The molecule has 1 fully saturated rings. The van der Waals surface area contributed by atoms with Crippen molar-refractivity contribution in [2.45, 2.75) is 31.6 Å². The van der Waals surface area contributed by atoms with Gasteiger partial charge in [-0.05, 0) is 19.3 Å². The summed E-state index contributed by atoms with van der Waals surface area (Å²) in [5.41, 5.74) is 0. The van der Waals surface area contributed by atoms with Gasteiger partial charge in [-0.15, -0.1) is 0 Å². The maximum atomic E-state index is 12.4. The quantitative estimate of drug-likeness (QED) is 0.910. The summed E-state index contributed by atoms with van der Waals surface area (Å²) < 4.78 is 31.2. The molecular weight excluding hydrogens is 270 g/mol. The van der Waals surface area contributed by atoms with Crippen molar-refractivity contribution in [2.75, 3.05) is 13.1 Å². The van der Waals surface area contributed by atoms with E-state index in [-0.39, 0.29) is 16.4 Å². The number of hydrogen-bond acceptors (Lipinski definition) is 4. The Kier molecular flexibility index (Phi) is 3.69. The van der Waals surface area contributed by atoms with Crippen molar-refractivity contribution in [1.29, 1.82) is 0 Å². The summed E-state index contributed by atoms with van der Waals surface area (Å²) in [7, 11) is -3.65. The lowest BCUT2D eigenvalue weighted by molar-refractivity contribution is 0.0661. The largest absolute Gasteiger partial charge is 0.475 e. The number of carboxylic acids is 1. The molecule has 1 N–H and O–H groups in total. The van der Waals surface area contributed by atoms with Crippen LogP contribution < -0.4 is 0 Å². The van der Waals surface area contributed by atoms with Crippen molar-refractivity contribution in [2.24, 2.45) is 5.92 Å². The van der Waals surface area contributed by atoms with Gasteiger partial charge in [-0.25, -0.2) is 13.2 Å². The lowest BCUT2D eigenvalue weighted by Gasteiger charge is -2.15. The van der Waals surface area contributed by atoms with E-state index in [9.17, 15) is 13.2 Å². The van der Waals surface area contributed by atoms with Crippen molar-refractivity contribution >= 4 is 16.0 Å². The van der Waals surface area contributed by atoms with Gasteiger partial charge in [0.15, 0.2) is 0 Å². The smallest absolute Gasteiger partial charge is 0.371 e. The van der Waals surface area contributed by atoms with Crippen molar-refractivity contribution in [3.05, 3.63) is 17.6 Å². The first-order chi connectivity index (χ1) is 8.86. The van der Waals surface area contributed by atoms with Gasteiger partial charge in [0.2, 0.25) is 15.8 Å². The zero-order valence-corrected chi connectivity index (χ0v) is 11.7. The molecule has 7 heteroatoms. The molecule has 1 saturated heterocycles. The monoisotopic (exact) mass is 287 g/mol. The fourth-order valence-corrected chi connectivity index (χ4v) is 4.01. The predicted octanol–water partition coefficient (Wildman–Crippen LogP) is 1.71. The summed E-state index contributed by atoms with van der Waals surface area (Å²) in [5.74, 6) is -1.11. The number of carbonyl (C=O) groups is 1. The van der Waals surface area contributed by atoms with Gasteiger partial charge in [-0.1, -0.05) is 13.3 Å². The van der Waals surface area contributed by atoms with Crippen LogP contribution in [-0.4, -0.2) is 36.9 Å². The number of carboxylic acid groups (broad SMARTS) is 1. The first-order valence-electron chi connectivity index (χ1n) is 6.20. The van der Waals surface area contributed by atoms with Crippen LogP contribution in [0.5, 0.6) is 0 Å². The molecule has 1 aliphatic heterocycles. The zero-order valence-electron chi connectivity index (χ0n) is 10.9. The second-order valence-electron chi connectivity index (χ2n) is 4.76. The van der Waals surface area contributed by atoms with Crippen molar-refractivity contribution in [3.8, 4) is 0 Å². The van der Waals surface area contributed by atoms with Crippen LogP contribution in [0.2, 0.25) is 0 Å². The second kappa shape index (κ2) is 4.97. The number of aromatic carboxylic acids is 1. The third-order valence-electron chi connectivity index (χ3n) is 3.53. The highest BCUT2D eigenvalue weighted by Crippen LogP contribution is 2.29. The number of hydrogen-bond donors (Lipinski definition) is 1. The summed E-state index contributed by atoms with van der Waals surface area (Å²) >= 11 is 0. The Morgan fingerprint density at radius 3 is 2.74 bits per heavy atom. The molecule has 106 valence electrons. The van der Waals surface area contributed by atoms with Crippen LogP contribution in [0.4, 0.5) is 0 Å². The third kappa shape index (κ3) is 2.52. The molecule has 0 bridgehead atoms. The summed E-state index contributed by atoms with van der Waals surface area (Å²) in [6.07, 6.45) is 1.79. The van der Waals surface area contributed by atoms with Gasteiger partial charge in [0, 0.05) is 19.2 Å². The summed E-state index contributed by atoms with van der Waals surface area (Å²) in [4.78, 5) is 10.8. The minimum absolute atomic E-state index is 0.0401. The molecule has 0 aliphatic carbocycles. The number of aryl methyl sites for hydroxylation is 1. The molecule has 1 aromatic heterocycles. The number of nitrogens with zero attached hydrogens (tertiary/aromatic N) is 1. The third-order valence-corrected chi connectivity index (χ3v) is 5.50. The lowest BCUT2D eigenvalue weighted by atomic mass is 10.1. The van der Waals surface area contributed by atoms with Crippen LogP contribution in [0.15, 0.2) is 15.4 Å². The van der Waals surface area contributed by atoms with Crippen LogP contribution >= 0.6 is 0 Å². The zero-order chi connectivity index (χ0) is 14.2. The number of sulfonamides is 1. The fraction of sp³-hybridized carbons (Fsp3) is 0.583. The Labute approximate surface area is 112 Å². The van der Waals surface area contributed by atoms with E-state index < -0.39 is 16.0 Å². The van der Waals surface area contributed by atoms with Gasteiger partial charge < -0.3 is 9.52 Å². The highest BCUT2D eigenvalue weighted by Gasteiger charge is 2.34. The maximum absolute atomic E-state index is 12.4. The molecule has 1 aromatic rings. The molecule has 6 nitrogen and oxygen atoms in total. The average Bonchev–Trinajstić information content (AvgIpc) is 2.95. The van der Waals surface area contributed by atoms with Crippen LogP contribution in [-0.2, 0) is 10.0 Å². The molecule has 0 radical (unpaired) electrons. The molecule has 2 rings (SSSR count). The van der Waals surface area contributed by atoms with Gasteiger partial charge in [0.25, 0.3) is 0 Å². The molecule has 19 heavy (non-hydrogen) atoms. The maximum Gasteiger partial charge on any atom is 0.371 e. The highest BCUT2D eigenvalue weighted by atomic mass is 32.2. The Balaban J connectivity index is 2.32. The lowest BCUT2D eigenvalue weighted by Crippen LogP contribution is -2.29. The SMILES string of the molecule is CCC1CCN(S(=O)(=O)c2cc(C(=O)O)oc2C)C1. The van der Waals surface area contributed by atoms with Crippen molar-refractivity contribution < 1.29 is 22.7 Å². The average molecular weight is 287 g/mol. The normalized spacial score (nSPS) is 20.8. The predicted molar refractivity (Wildman–Crippen MR) is 67.6 cm³/mol. The molecule has 0 amide bonds. The van der Waals surface area contributed by atoms with Gasteiger partial charge in [0.05, 0.1) is 0 Å². The highest BCUT2D eigenvalue weighted by molar-refractivity contribution is 7.89. The number of furan rings is 1. The standard InChI is InChI=1S/C12H17NO5S/c1-3-9-4-5-13(7-9)19(16,17)11-6-10(12(14)15)18-8(11)2/h6,9H,3-5,7H2,1-2H3,(H,14,15). The van der Waals surface area contributed by atoms with E-state index in [2.05, 4.69) is 0 Å². The fourth-order valence-electron chi connectivity index (χ4n) is 2.31. The van der Waals surface area contributed by atoms with Gasteiger partial charge in [-0.3, -0.25) is 0 Å². The van der Waals surface area contributed by atoms with E-state index in [1.165, 1.54) is 11.2 Å². The van der Waals surface area contributed by atoms with Gasteiger partial charge in [0.1, 0.15) is 10.7 Å². The number of rotatable bonds is 4. The Morgan fingerprint density at radius 1 is 1.58 bits per heavy atom. The van der Waals surface area contributed by atoms with Crippen LogP contribution in [0.25, 0.3) is 0 Å². The molecule has 0 spiro atoms. The van der Waals surface area contributed by atoms with E-state index in [0.29, 0.717) is 19.0 Å². The topological polar surface area (TPSA) is 87.8 Å². The van der Waals surface area contributed by atoms with E-state index in [1.807, 2.05) is 6.92 Å².